The molecular formula is C11H20O. The highest BCUT2D eigenvalue weighted by molar-refractivity contribution is 5.08. The molecule has 1 rings (SSSR count). The highest BCUT2D eigenvalue weighted by Gasteiger charge is 2.29. The molecule has 1 heteroatoms. The Morgan fingerprint density at radius 2 is 2.17 bits per heavy atom. The SMILES string of the molecule is CC(C)=CC1(O)CCCC(C)C1. The molecule has 0 radical (unpaired) electrons. The van der Waals surface area contributed by atoms with Crippen LogP contribution >= 0.6 is 0 Å². The van der Waals surface area contributed by atoms with Gasteiger partial charge in [-0.25, -0.2) is 0 Å². The minimum Gasteiger partial charge on any atom is -0.386 e. The van der Waals surface area contributed by atoms with Crippen molar-refractivity contribution in [1.29, 1.82) is 0 Å². The van der Waals surface area contributed by atoms with E-state index >= 15 is 0 Å². The van der Waals surface area contributed by atoms with Crippen LogP contribution in [0.4, 0.5) is 0 Å². The first kappa shape index (κ1) is 9.79. The summed E-state index contributed by atoms with van der Waals surface area (Å²) < 4.78 is 0. The molecule has 2 atom stereocenters. The predicted octanol–water partition coefficient (Wildman–Crippen LogP) is 2.89. The van der Waals surface area contributed by atoms with Crippen molar-refractivity contribution in [1.82, 2.24) is 0 Å². The van der Waals surface area contributed by atoms with Crippen LogP contribution in [0.3, 0.4) is 0 Å². The summed E-state index contributed by atoms with van der Waals surface area (Å²) in [6.45, 7) is 6.33. The molecule has 0 saturated heterocycles. The summed E-state index contributed by atoms with van der Waals surface area (Å²) in [6.07, 6.45) is 6.36. The number of hydrogen-bond acceptors (Lipinski definition) is 1. The van der Waals surface area contributed by atoms with Crippen molar-refractivity contribution in [3.8, 4) is 0 Å². The molecule has 0 heterocycles. The average molecular weight is 168 g/mol. The van der Waals surface area contributed by atoms with Crippen molar-refractivity contribution in [3.63, 3.8) is 0 Å². The Kier molecular flexibility index (Phi) is 2.94. The maximum atomic E-state index is 10.1. The van der Waals surface area contributed by atoms with Gasteiger partial charge in [0.2, 0.25) is 0 Å². The van der Waals surface area contributed by atoms with Gasteiger partial charge in [-0.2, -0.15) is 0 Å². The van der Waals surface area contributed by atoms with E-state index in [1.807, 2.05) is 6.08 Å². The molecule has 0 aromatic rings. The number of allylic oxidation sites excluding steroid dienone is 1. The van der Waals surface area contributed by atoms with Gasteiger partial charge in [0.1, 0.15) is 0 Å². The van der Waals surface area contributed by atoms with E-state index in [-0.39, 0.29) is 0 Å². The van der Waals surface area contributed by atoms with E-state index in [0.29, 0.717) is 5.92 Å². The zero-order valence-corrected chi connectivity index (χ0v) is 8.43. The molecule has 70 valence electrons. The van der Waals surface area contributed by atoms with E-state index in [4.69, 9.17) is 0 Å². The van der Waals surface area contributed by atoms with Crippen LogP contribution in [0.15, 0.2) is 11.6 Å². The Labute approximate surface area is 75.5 Å². The van der Waals surface area contributed by atoms with E-state index in [0.717, 1.165) is 12.8 Å². The van der Waals surface area contributed by atoms with Gasteiger partial charge in [0.25, 0.3) is 0 Å². The van der Waals surface area contributed by atoms with Gasteiger partial charge >= 0.3 is 0 Å². The predicted molar refractivity (Wildman–Crippen MR) is 52.0 cm³/mol. The molecule has 0 aromatic heterocycles. The lowest BCUT2D eigenvalue weighted by Gasteiger charge is -2.33. The van der Waals surface area contributed by atoms with Crippen LogP contribution in [-0.2, 0) is 0 Å². The first-order valence-electron chi connectivity index (χ1n) is 4.90. The Hall–Kier alpha value is -0.300. The standard InChI is InChI=1S/C11H20O/c1-9(2)7-11(12)6-4-5-10(3)8-11/h7,10,12H,4-6,8H2,1-3H3. The van der Waals surface area contributed by atoms with E-state index < -0.39 is 5.60 Å². The average Bonchev–Trinajstić information content (AvgIpc) is 1.82. The van der Waals surface area contributed by atoms with Crippen molar-refractivity contribution in [2.75, 3.05) is 0 Å². The van der Waals surface area contributed by atoms with Gasteiger partial charge < -0.3 is 5.11 Å². The Morgan fingerprint density at radius 3 is 2.67 bits per heavy atom. The third-order valence-electron chi connectivity index (χ3n) is 2.57. The number of aliphatic hydroxyl groups is 1. The van der Waals surface area contributed by atoms with Gasteiger partial charge in [0.15, 0.2) is 0 Å². The lowest BCUT2D eigenvalue weighted by atomic mass is 9.78. The van der Waals surface area contributed by atoms with E-state index in [1.54, 1.807) is 0 Å². The minimum absolute atomic E-state index is 0.490. The Bertz CT molecular complexity index is 179. The summed E-state index contributed by atoms with van der Waals surface area (Å²) in [4.78, 5) is 0. The smallest absolute Gasteiger partial charge is 0.0832 e. The van der Waals surface area contributed by atoms with Crippen molar-refractivity contribution >= 4 is 0 Å². The van der Waals surface area contributed by atoms with Gasteiger partial charge in [-0.15, -0.1) is 0 Å². The molecule has 0 spiro atoms. The van der Waals surface area contributed by atoms with Crippen molar-refractivity contribution in [3.05, 3.63) is 11.6 Å². The summed E-state index contributed by atoms with van der Waals surface area (Å²) in [5.41, 5.74) is 0.739. The summed E-state index contributed by atoms with van der Waals surface area (Å²) in [7, 11) is 0. The van der Waals surface area contributed by atoms with Crippen LogP contribution in [0.25, 0.3) is 0 Å². The van der Waals surface area contributed by atoms with E-state index in [2.05, 4.69) is 20.8 Å². The Balaban J connectivity index is 2.63. The molecular weight excluding hydrogens is 148 g/mol. The molecule has 0 bridgehead atoms. The maximum Gasteiger partial charge on any atom is 0.0832 e. The van der Waals surface area contributed by atoms with Crippen molar-refractivity contribution in [2.45, 2.75) is 52.1 Å². The molecule has 0 aromatic carbocycles. The third-order valence-corrected chi connectivity index (χ3v) is 2.57. The maximum absolute atomic E-state index is 10.1. The zero-order valence-electron chi connectivity index (χ0n) is 8.43. The second-order valence-corrected chi connectivity index (χ2v) is 4.53. The molecule has 0 amide bonds. The first-order chi connectivity index (χ1) is 5.52. The summed E-state index contributed by atoms with van der Waals surface area (Å²) in [5.74, 6) is 0.680. The molecule has 1 aliphatic rings. The first-order valence-corrected chi connectivity index (χ1v) is 4.90. The summed E-state index contributed by atoms with van der Waals surface area (Å²) in [5, 5.41) is 10.1. The van der Waals surface area contributed by atoms with Crippen LogP contribution in [0.2, 0.25) is 0 Å². The van der Waals surface area contributed by atoms with Crippen LogP contribution < -0.4 is 0 Å². The normalized spacial score (nSPS) is 36.2. The fraction of sp³-hybridized carbons (Fsp3) is 0.818. The summed E-state index contributed by atoms with van der Waals surface area (Å²) in [6, 6.07) is 0. The summed E-state index contributed by atoms with van der Waals surface area (Å²) >= 11 is 0. The van der Waals surface area contributed by atoms with Crippen molar-refractivity contribution < 1.29 is 5.11 Å². The van der Waals surface area contributed by atoms with Gasteiger partial charge in [0.05, 0.1) is 5.60 Å². The monoisotopic (exact) mass is 168 g/mol. The van der Waals surface area contributed by atoms with Crippen molar-refractivity contribution in [2.24, 2.45) is 5.92 Å². The van der Waals surface area contributed by atoms with E-state index in [9.17, 15) is 5.11 Å². The molecule has 1 N–H and O–H groups in total. The zero-order chi connectivity index (χ0) is 9.19. The van der Waals surface area contributed by atoms with Crippen LogP contribution in [0, 0.1) is 5.92 Å². The molecule has 12 heavy (non-hydrogen) atoms. The molecule has 1 aliphatic carbocycles. The quantitative estimate of drug-likeness (QED) is 0.597. The number of rotatable bonds is 1. The minimum atomic E-state index is -0.490. The van der Waals surface area contributed by atoms with E-state index in [1.165, 1.54) is 18.4 Å². The van der Waals surface area contributed by atoms with Gasteiger partial charge in [0, 0.05) is 0 Å². The molecule has 1 nitrogen and oxygen atoms in total. The highest BCUT2D eigenvalue weighted by Crippen LogP contribution is 2.33. The largest absolute Gasteiger partial charge is 0.386 e. The Morgan fingerprint density at radius 1 is 1.50 bits per heavy atom. The molecule has 1 fully saturated rings. The molecule has 0 aliphatic heterocycles. The fourth-order valence-corrected chi connectivity index (χ4v) is 2.23. The lowest BCUT2D eigenvalue weighted by molar-refractivity contribution is 0.0312. The fourth-order valence-electron chi connectivity index (χ4n) is 2.23. The van der Waals surface area contributed by atoms with Gasteiger partial charge in [-0.05, 0) is 39.0 Å². The van der Waals surface area contributed by atoms with Crippen LogP contribution in [0.5, 0.6) is 0 Å². The van der Waals surface area contributed by atoms with Gasteiger partial charge in [-0.1, -0.05) is 25.0 Å². The molecule has 1 saturated carbocycles. The molecule has 2 unspecified atom stereocenters. The van der Waals surface area contributed by atoms with Crippen LogP contribution in [-0.4, -0.2) is 10.7 Å². The second kappa shape index (κ2) is 3.61. The van der Waals surface area contributed by atoms with Crippen LogP contribution in [0.1, 0.15) is 46.5 Å². The topological polar surface area (TPSA) is 20.2 Å². The highest BCUT2D eigenvalue weighted by atomic mass is 16.3. The third kappa shape index (κ3) is 2.63. The second-order valence-electron chi connectivity index (χ2n) is 4.53. The lowest BCUT2D eigenvalue weighted by Crippen LogP contribution is -2.32. The van der Waals surface area contributed by atoms with Gasteiger partial charge in [-0.3, -0.25) is 0 Å². The number of hydrogen-bond donors (Lipinski definition) is 1.